The molecule has 1 aliphatic heterocycles. The highest BCUT2D eigenvalue weighted by Gasteiger charge is 2.20. The van der Waals surface area contributed by atoms with Crippen LogP contribution in [-0.4, -0.2) is 23.6 Å². The Morgan fingerprint density at radius 3 is 2.71 bits per heavy atom. The molecule has 0 amide bonds. The predicted molar refractivity (Wildman–Crippen MR) is 72.2 cm³/mol. The molecule has 0 aromatic carbocycles. The molecule has 0 aromatic rings. The zero-order chi connectivity index (χ0) is 11.9. The van der Waals surface area contributed by atoms with Crippen molar-refractivity contribution in [2.45, 2.75) is 63.9 Å². The SMILES string of the molecule is O=C(CCCC1CCCCC1)O[C@@H]1CCSC1. The molecule has 0 N–H and O–H groups in total. The Bertz CT molecular complexity index is 230. The van der Waals surface area contributed by atoms with Crippen molar-refractivity contribution in [3.8, 4) is 0 Å². The Balaban J connectivity index is 1.53. The van der Waals surface area contributed by atoms with Gasteiger partial charge in [0.15, 0.2) is 0 Å². The second-order valence-electron chi connectivity index (χ2n) is 5.37. The second-order valence-corrected chi connectivity index (χ2v) is 6.52. The number of carbonyl (C=O) groups is 1. The molecule has 1 atom stereocenters. The molecule has 0 aromatic heterocycles. The topological polar surface area (TPSA) is 26.3 Å². The van der Waals surface area contributed by atoms with Gasteiger partial charge in [-0.15, -0.1) is 0 Å². The summed E-state index contributed by atoms with van der Waals surface area (Å²) in [6.45, 7) is 0. The van der Waals surface area contributed by atoms with Gasteiger partial charge in [0, 0.05) is 12.2 Å². The van der Waals surface area contributed by atoms with Crippen molar-refractivity contribution >= 4 is 17.7 Å². The van der Waals surface area contributed by atoms with Crippen molar-refractivity contribution in [2.24, 2.45) is 5.92 Å². The lowest BCUT2D eigenvalue weighted by Crippen LogP contribution is -2.17. The van der Waals surface area contributed by atoms with Crippen LogP contribution in [0.15, 0.2) is 0 Å². The lowest BCUT2D eigenvalue weighted by molar-refractivity contribution is -0.148. The Morgan fingerprint density at radius 1 is 1.18 bits per heavy atom. The van der Waals surface area contributed by atoms with E-state index in [2.05, 4.69) is 0 Å². The van der Waals surface area contributed by atoms with Crippen molar-refractivity contribution in [1.29, 1.82) is 0 Å². The maximum absolute atomic E-state index is 11.6. The molecule has 1 aliphatic carbocycles. The van der Waals surface area contributed by atoms with E-state index in [-0.39, 0.29) is 12.1 Å². The fraction of sp³-hybridized carbons (Fsp3) is 0.929. The van der Waals surface area contributed by atoms with Crippen molar-refractivity contribution in [3.63, 3.8) is 0 Å². The zero-order valence-electron chi connectivity index (χ0n) is 10.7. The molecule has 2 nitrogen and oxygen atoms in total. The van der Waals surface area contributed by atoms with Crippen molar-refractivity contribution in [3.05, 3.63) is 0 Å². The summed E-state index contributed by atoms with van der Waals surface area (Å²) in [5.74, 6) is 3.08. The van der Waals surface area contributed by atoms with Gasteiger partial charge < -0.3 is 4.74 Å². The van der Waals surface area contributed by atoms with Crippen molar-refractivity contribution in [1.82, 2.24) is 0 Å². The van der Waals surface area contributed by atoms with E-state index in [0.29, 0.717) is 6.42 Å². The Hall–Kier alpha value is -0.180. The minimum atomic E-state index is 0.0355. The summed E-state index contributed by atoms with van der Waals surface area (Å²) in [6.07, 6.45) is 11.1. The summed E-state index contributed by atoms with van der Waals surface area (Å²) in [6, 6.07) is 0. The maximum Gasteiger partial charge on any atom is 0.306 e. The van der Waals surface area contributed by atoms with E-state index < -0.39 is 0 Å². The van der Waals surface area contributed by atoms with Crippen molar-refractivity contribution in [2.75, 3.05) is 11.5 Å². The average Bonchev–Trinajstić information content (AvgIpc) is 2.83. The Kier molecular flexibility index (Phi) is 5.69. The van der Waals surface area contributed by atoms with Gasteiger partial charge in [0.2, 0.25) is 0 Å². The molecular weight excluding hydrogens is 232 g/mol. The van der Waals surface area contributed by atoms with Crippen molar-refractivity contribution < 1.29 is 9.53 Å². The summed E-state index contributed by atoms with van der Waals surface area (Å²) < 4.78 is 5.44. The molecule has 1 saturated carbocycles. The van der Waals surface area contributed by atoms with E-state index in [1.54, 1.807) is 0 Å². The van der Waals surface area contributed by atoms with E-state index in [1.165, 1.54) is 38.5 Å². The summed E-state index contributed by atoms with van der Waals surface area (Å²) in [5.41, 5.74) is 0. The van der Waals surface area contributed by atoms with E-state index in [4.69, 9.17) is 4.74 Å². The van der Waals surface area contributed by atoms with Crippen LogP contribution >= 0.6 is 11.8 Å². The Labute approximate surface area is 109 Å². The smallest absolute Gasteiger partial charge is 0.306 e. The first kappa shape index (κ1) is 13.3. The summed E-state index contributed by atoms with van der Waals surface area (Å²) >= 11 is 1.89. The molecule has 3 heteroatoms. The standard InChI is InChI=1S/C14H24O2S/c15-14(16-13-9-10-17-11-13)8-4-7-12-5-2-1-3-6-12/h12-13H,1-11H2/t13-/m1/s1. The fourth-order valence-electron chi connectivity index (χ4n) is 2.86. The average molecular weight is 256 g/mol. The minimum absolute atomic E-state index is 0.0355. The predicted octanol–water partition coefficient (Wildman–Crippen LogP) is 3.79. The fourth-order valence-corrected chi connectivity index (χ4v) is 3.96. The van der Waals surface area contributed by atoms with Gasteiger partial charge in [-0.25, -0.2) is 0 Å². The number of carbonyl (C=O) groups excluding carboxylic acids is 1. The van der Waals surface area contributed by atoms with E-state index >= 15 is 0 Å². The molecule has 0 bridgehead atoms. The second kappa shape index (κ2) is 7.30. The summed E-state index contributed by atoms with van der Waals surface area (Å²) in [7, 11) is 0. The van der Waals surface area contributed by atoms with E-state index in [0.717, 1.165) is 30.3 Å². The number of hydrogen-bond donors (Lipinski definition) is 0. The highest BCUT2D eigenvalue weighted by molar-refractivity contribution is 7.99. The van der Waals surface area contributed by atoms with E-state index in [1.807, 2.05) is 11.8 Å². The highest BCUT2D eigenvalue weighted by Crippen LogP contribution is 2.28. The highest BCUT2D eigenvalue weighted by atomic mass is 32.2. The molecule has 17 heavy (non-hydrogen) atoms. The lowest BCUT2D eigenvalue weighted by Gasteiger charge is -2.21. The first-order chi connectivity index (χ1) is 8.34. The lowest BCUT2D eigenvalue weighted by atomic mass is 9.86. The number of thioether (sulfide) groups is 1. The monoisotopic (exact) mass is 256 g/mol. The van der Waals surface area contributed by atoms with Gasteiger partial charge in [0.05, 0.1) is 0 Å². The normalized spacial score (nSPS) is 26.0. The Morgan fingerprint density at radius 2 is 2.00 bits per heavy atom. The van der Waals surface area contributed by atoms with Crippen LogP contribution in [0.1, 0.15) is 57.8 Å². The van der Waals surface area contributed by atoms with Crippen LogP contribution in [0.25, 0.3) is 0 Å². The number of rotatable bonds is 5. The molecule has 1 heterocycles. The number of ether oxygens (including phenoxy) is 1. The quantitative estimate of drug-likeness (QED) is 0.700. The maximum atomic E-state index is 11.6. The molecule has 0 spiro atoms. The molecule has 0 radical (unpaired) electrons. The van der Waals surface area contributed by atoms with Gasteiger partial charge in [-0.05, 0) is 30.9 Å². The molecule has 2 fully saturated rings. The summed E-state index contributed by atoms with van der Waals surface area (Å²) in [5, 5.41) is 0. The molecule has 1 saturated heterocycles. The van der Waals surface area contributed by atoms with Gasteiger partial charge in [-0.1, -0.05) is 32.1 Å². The molecule has 0 unspecified atom stereocenters. The first-order valence-electron chi connectivity index (χ1n) is 7.12. The summed E-state index contributed by atoms with van der Waals surface area (Å²) in [4.78, 5) is 11.6. The molecule has 2 rings (SSSR count). The third kappa shape index (κ3) is 4.90. The molecular formula is C14H24O2S. The largest absolute Gasteiger partial charge is 0.461 e. The van der Waals surface area contributed by atoms with Crippen LogP contribution in [0.3, 0.4) is 0 Å². The number of esters is 1. The minimum Gasteiger partial charge on any atom is -0.461 e. The van der Waals surface area contributed by atoms with Crippen LogP contribution in [-0.2, 0) is 9.53 Å². The zero-order valence-corrected chi connectivity index (χ0v) is 11.5. The van der Waals surface area contributed by atoms with Gasteiger partial charge >= 0.3 is 5.97 Å². The first-order valence-corrected chi connectivity index (χ1v) is 8.27. The van der Waals surface area contributed by atoms with Crippen LogP contribution in [0.4, 0.5) is 0 Å². The van der Waals surface area contributed by atoms with Gasteiger partial charge in [0.1, 0.15) is 6.10 Å². The van der Waals surface area contributed by atoms with E-state index in [9.17, 15) is 4.79 Å². The van der Waals surface area contributed by atoms with Gasteiger partial charge in [-0.2, -0.15) is 11.8 Å². The third-order valence-electron chi connectivity index (χ3n) is 3.90. The van der Waals surface area contributed by atoms with Gasteiger partial charge in [-0.3, -0.25) is 4.79 Å². The van der Waals surface area contributed by atoms with Crippen LogP contribution < -0.4 is 0 Å². The van der Waals surface area contributed by atoms with Crippen LogP contribution in [0, 0.1) is 5.92 Å². The van der Waals surface area contributed by atoms with Crippen LogP contribution in [0.5, 0.6) is 0 Å². The third-order valence-corrected chi connectivity index (χ3v) is 5.04. The number of hydrogen-bond acceptors (Lipinski definition) is 3. The van der Waals surface area contributed by atoms with Crippen LogP contribution in [0.2, 0.25) is 0 Å². The van der Waals surface area contributed by atoms with Gasteiger partial charge in [0.25, 0.3) is 0 Å². The molecule has 98 valence electrons. The molecule has 2 aliphatic rings.